The molecule has 0 aromatic heterocycles. The summed E-state index contributed by atoms with van der Waals surface area (Å²) >= 11 is -0.139. The molecule has 0 spiro atoms. The Morgan fingerprint density at radius 2 is 1.66 bits per heavy atom. The second-order valence-corrected chi connectivity index (χ2v) is 12.1. The zero-order chi connectivity index (χ0) is 22.0. The van der Waals surface area contributed by atoms with Gasteiger partial charge in [-0.15, -0.1) is 0 Å². The molecule has 0 bridgehead atoms. The molecule has 0 nitrogen and oxygen atoms in total. The fourth-order valence-electron chi connectivity index (χ4n) is 6.48. The first-order valence-corrected chi connectivity index (χ1v) is 14.3. The Bertz CT molecular complexity index is 1320. The molecule has 0 saturated heterocycles. The van der Waals surface area contributed by atoms with Crippen LogP contribution < -0.4 is 4.40 Å². The van der Waals surface area contributed by atoms with E-state index in [0.29, 0.717) is 5.92 Å². The van der Waals surface area contributed by atoms with Crippen LogP contribution in [0, 0.1) is 0 Å². The summed E-state index contributed by atoms with van der Waals surface area (Å²) in [4.78, 5) is 0. The van der Waals surface area contributed by atoms with E-state index in [1.165, 1.54) is 40.7 Å². The van der Waals surface area contributed by atoms with E-state index in [0.717, 1.165) is 12.8 Å². The third kappa shape index (κ3) is 2.68. The molecule has 1 heteroatoms. The maximum absolute atomic E-state index is 2.49. The quantitative estimate of drug-likeness (QED) is 0.347. The van der Waals surface area contributed by atoms with Crippen molar-refractivity contribution in [2.45, 2.75) is 59.3 Å². The Balaban J connectivity index is 1.59. The van der Waals surface area contributed by atoms with Gasteiger partial charge in [0.1, 0.15) is 0 Å². The first-order chi connectivity index (χ1) is 15.7. The Kier molecular flexibility index (Phi) is 4.84. The van der Waals surface area contributed by atoms with E-state index in [-0.39, 0.29) is 15.4 Å². The van der Waals surface area contributed by atoms with Crippen LogP contribution in [0.1, 0.15) is 79.0 Å². The van der Waals surface area contributed by atoms with Gasteiger partial charge in [-0.25, -0.2) is 0 Å². The number of hydrogen-bond donors (Lipinski definition) is 0. The Morgan fingerprint density at radius 3 is 2.38 bits per heavy atom. The first kappa shape index (κ1) is 20.3. The van der Waals surface area contributed by atoms with Gasteiger partial charge in [-0.3, -0.25) is 0 Å². The Morgan fingerprint density at radius 1 is 0.875 bits per heavy atom. The average Bonchev–Trinajstić information content (AvgIpc) is 3.30. The molecule has 0 saturated carbocycles. The van der Waals surface area contributed by atoms with Crippen LogP contribution in [0.25, 0.3) is 21.6 Å². The molecule has 0 fully saturated rings. The van der Waals surface area contributed by atoms with Crippen molar-refractivity contribution in [2.75, 3.05) is 0 Å². The predicted molar refractivity (Wildman–Crippen MR) is 139 cm³/mol. The summed E-state index contributed by atoms with van der Waals surface area (Å²) in [6.45, 7) is 9.49. The molecule has 1 heterocycles. The molecule has 1 unspecified atom stereocenters. The topological polar surface area (TPSA) is 0 Å². The Hall–Kier alpha value is -2.32. The van der Waals surface area contributed by atoms with Gasteiger partial charge in [0.05, 0.1) is 0 Å². The molecule has 2 aliphatic carbocycles. The SMILES string of the molecule is CCC1=[C]2[Ge][c]3c2c(c(CC)c(CC)c3C2C(C)=Cc3c(-c4ccccc4)cccc32)C1. The summed E-state index contributed by atoms with van der Waals surface area (Å²) in [5, 5.41) is 0. The summed E-state index contributed by atoms with van der Waals surface area (Å²) in [5.74, 6) is 0.435. The van der Waals surface area contributed by atoms with Crippen molar-refractivity contribution < 1.29 is 0 Å². The zero-order valence-corrected chi connectivity index (χ0v) is 21.7. The summed E-state index contributed by atoms with van der Waals surface area (Å²) in [6, 6.07) is 17.9. The fourth-order valence-corrected chi connectivity index (χ4v) is 10.1. The number of allylic oxidation sites excluding steroid dienone is 2. The predicted octanol–water partition coefficient (Wildman–Crippen LogP) is 7.05. The summed E-state index contributed by atoms with van der Waals surface area (Å²) < 4.78 is 3.61. The van der Waals surface area contributed by atoms with Crippen molar-refractivity contribution in [3.05, 3.63) is 98.6 Å². The molecule has 6 rings (SSSR count). The van der Waals surface area contributed by atoms with Gasteiger partial charge in [-0.05, 0) is 0 Å². The van der Waals surface area contributed by atoms with E-state index in [1.54, 1.807) is 37.8 Å². The minimum absolute atomic E-state index is 0.139. The van der Waals surface area contributed by atoms with E-state index in [1.807, 2.05) is 4.41 Å². The number of rotatable bonds is 5. The minimum atomic E-state index is -0.139. The molecule has 3 aliphatic rings. The molecule has 32 heavy (non-hydrogen) atoms. The van der Waals surface area contributed by atoms with E-state index in [9.17, 15) is 0 Å². The molecule has 158 valence electrons. The molecule has 0 amide bonds. The molecule has 0 N–H and O–H groups in total. The molecule has 1 atom stereocenters. The molecule has 2 radical (unpaired) electrons. The van der Waals surface area contributed by atoms with E-state index in [2.05, 4.69) is 82.3 Å². The third-order valence-electron chi connectivity index (χ3n) is 7.90. The van der Waals surface area contributed by atoms with Crippen LogP contribution in [0.5, 0.6) is 0 Å². The summed E-state index contributed by atoms with van der Waals surface area (Å²) in [6.07, 6.45) is 7.27. The zero-order valence-electron chi connectivity index (χ0n) is 19.6. The third-order valence-corrected chi connectivity index (χ3v) is 11.3. The van der Waals surface area contributed by atoms with Gasteiger partial charge < -0.3 is 0 Å². The first-order valence-electron chi connectivity index (χ1n) is 12.2. The van der Waals surface area contributed by atoms with Crippen molar-refractivity contribution in [2.24, 2.45) is 0 Å². The van der Waals surface area contributed by atoms with Crippen LogP contribution in [0.15, 0.2) is 59.7 Å². The summed E-state index contributed by atoms with van der Waals surface area (Å²) in [5.41, 5.74) is 17.4. The maximum atomic E-state index is 2.49. The van der Waals surface area contributed by atoms with E-state index < -0.39 is 0 Å². The van der Waals surface area contributed by atoms with Crippen molar-refractivity contribution in [3.63, 3.8) is 0 Å². The van der Waals surface area contributed by atoms with Crippen LogP contribution >= 0.6 is 0 Å². The van der Waals surface area contributed by atoms with Crippen LogP contribution in [-0.2, 0) is 19.3 Å². The van der Waals surface area contributed by atoms with Crippen molar-refractivity contribution in [3.8, 4) is 11.1 Å². The van der Waals surface area contributed by atoms with Gasteiger partial charge in [0.15, 0.2) is 0 Å². The van der Waals surface area contributed by atoms with Crippen molar-refractivity contribution >= 4 is 30.3 Å². The molecular weight excluding hydrogens is 445 g/mol. The molecular formula is C31H30Ge. The van der Waals surface area contributed by atoms with Gasteiger partial charge in [0, 0.05) is 0 Å². The van der Waals surface area contributed by atoms with Crippen LogP contribution in [0.4, 0.5) is 0 Å². The van der Waals surface area contributed by atoms with Gasteiger partial charge in [-0.2, -0.15) is 0 Å². The van der Waals surface area contributed by atoms with Gasteiger partial charge in [0.25, 0.3) is 0 Å². The molecule has 1 aliphatic heterocycles. The fraction of sp³-hybridized carbons (Fsp3) is 0.290. The standard InChI is InChI=1S/C31H30Ge/c1-5-19-17-26-21(6-2)22(7-3)28(31-29(26)30(19)32-31)27-18(4)16-25-23(14-11-15-24(25)27)20-12-9-8-10-13-20/h8-16,27H,5-7,17H2,1-4H3. The van der Waals surface area contributed by atoms with Crippen molar-refractivity contribution in [1.29, 1.82) is 0 Å². The second-order valence-electron chi connectivity index (χ2n) is 9.44. The second kappa shape index (κ2) is 7.63. The molecule has 3 aromatic carbocycles. The van der Waals surface area contributed by atoms with Crippen molar-refractivity contribution in [1.82, 2.24) is 0 Å². The van der Waals surface area contributed by atoms with E-state index in [4.69, 9.17) is 0 Å². The average molecular weight is 475 g/mol. The van der Waals surface area contributed by atoms with Gasteiger partial charge >= 0.3 is 199 Å². The monoisotopic (exact) mass is 476 g/mol. The Labute approximate surface area is 198 Å². The van der Waals surface area contributed by atoms with E-state index >= 15 is 0 Å². The van der Waals surface area contributed by atoms with Gasteiger partial charge in [0.2, 0.25) is 0 Å². The van der Waals surface area contributed by atoms with Gasteiger partial charge in [-0.1, -0.05) is 0 Å². The number of hydrogen-bond acceptors (Lipinski definition) is 0. The van der Waals surface area contributed by atoms with Crippen LogP contribution in [-0.4, -0.2) is 15.4 Å². The number of fused-ring (bicyclic) bond motifs is 1. The summed E-state index contributed by atoms with van der Waals surface area (Å²) in [7, 11) is 0. The number of benzene rings is 3. The van der Waals surface area contributed by atoms with Crippen LogP contribution in [0.2, 0.25) is 0 Å². The van der Waals surface area contributed by atoms with Crippen LogP contribution in [0.3, 0.4) is 0 Å². The normalized spacial score (nSPS) is 17.9. The molecule has 3 aromatic rings.